The van der Waals surface area contributed by atoms with Gasteiger partial charge in [-0.15, -0.1) is 11.3 Å². The number of hydrogen-bond acceptors (Lipinski definition) is 3. The van der Waals surface area contributed by atoms with E-state index in [1.807, 2.05) is 12.1 Å². The van der Waals surface area contributed by atoms with Crippen LogP contribution in [-0.4, -0.2) is 24.5 Å². The molecule has 2 rings (SSSR count). The van der Waals surface area contributed by atoms with Crippen molar-refractivity contribution in [2.24, 2.45) is 0 Å². The molecule has 1 aromatic carbocycles. The Morgan fingerprint density at radius 2 is 1.96 bits per heavy atom. The van der Waals surface area contributed by atoms with E-state index in [0.717, 1.165) is 8.66 Å². The van der Waals surface area contributed by atoms with Crippen LogP contribution in [0.5, 0.6) is 0 Å². The summed E-state index contributed by atoms with van der Waals surface area (Å²) in [6.45, 7) is -1.42. The zero-order valence-electron chi connectivity index (χ0n) is 12.6. The molecule has 25 heavy (non-hydrogen) atoms. The van der Waals surface area contributed by atoms with E-state index in [1.165, 1.54) is 41.7 Å². The number of amides is 2. The molecule has 0 aliphatic carbocycles. The van der Waals surface area contributed by atoms with Crippen LogP contribution in [0.2, 0.25) is 0 Å². The number of carbonyl (C=O) groups excluding carboxylic acids is 2. The number of anilines is 1. The maximum Gasteiger partial charge on any atom is 0.405 e. The van der Waals surface area contributed by atoms with Crippen molar-refractivity contribution in [2.45, 2.75) is 6.18 Å². The van der Waals surface area contributed by atoms with Crippen molar-refractivity contribution in [1.29, 1.82) is 0 Å². The number of halogens is 4. The van der Waals surface area contributed by atoms with Gasteiger partial charge in [-0.2, -0.15) is 13.2 Å². The molecule has 0 radical (unpaired) electrons. The predicted molar refractivity (Wildman–Crippen MR) is 94.5 cm³/mol. The summed E-state index contributed by atoms with van der Waals surface area (Å²) in [5.74, 6) is -1.29. The van der Waals surface area contributed by atoms with E-state index < -0.39 is 24.5 Å². The second-order valence-corrected chi connectivity index (χ2v) is 7.34. The molecule has 1 aromatic heterocycles. The van der Waals surface area contributed by atoms with Crippen molar-refractivity contribution in [3.05, 3.63) is 56.7 Å². The quantitative estimate of drug-likeness (QED) is 0.685. The van der Waals surface area contributed by atoms with Gasteiger partial charge in [0.05, 0.1) is 3.79 Å². The van der Waals surface area contributed by atoms with Gasteiger partial charge in [-0.25, -0.2) is 0 Å². The van der Waals surface area contributed by atoms with Crippen LogP contribution in [0.4, 0.5) is 18.9 Å². The Morgan fingerprint density at radius 3 is 2.60 bits per heavy atom. The molecule has 0 bridgehead atoms. The molecule has 0 atom stereocenters. The van der Waals surface area contributed by atoms with Crippen molar-refractivity contribution in [1.82, 2.24) is 5.32 Å². The molecule has 4 nitrogen and oxygen atoms in total. The first-order valence-corrected chi connectivity index (χ1v) is 8.53. The highest BCUT2D eigenvalue weighted by atomic mass is 79.9. The molecule has 0 aliphatic rings. The number of nitrogens with one attached hydrogen (secondary N) is 2. The highest BCUT2D eigenvalue weighted by Crippen LogP contribution is 2.23. The fourth-order valence-corrected chi connectivity index (χ4v) is 3.11. The van der Waals surface area contributed by atoms with Crippen molar-refractivity contribution >= 4 is 50.8 Å². The highest BCUT2D eigenvalue weighted by molar-refractivity contribution is 9.11. The molecule has 0 saturated heterocycles. The summed E-state index contributed by atoms with van der Waals surface area (Å²) in [4.78, 5) is 24.5. The van der Waals surface area contributed by atoms with E-state index in [0.29, 0.717) is 5.69 Å². The Hall–Kier alpha value is -2.13. The second kappa shape index (κ2) is 8.30. The summed E-state index contributed by atoms with van der Waals surface area (Å²) in [5.41, 5.74) is 0.329. The maximum atomic E-state index is 12.1. The lowest BCUT2D eigenvalue weighted by molar-refractivity contribution is -0.123. The molecule has 0 saturated carbocycles. The molecule has 2 N–H and O–H groups in total. The summed E-state index contributed by atoms with van der Waals surface area (Å²) in [6, 6.07) is 9.36. The van der Waals surface area contributed by atoms with Crippen LogP contribution in [0.1, 0.15) is 15.2 Å². The van der Waals surface area contributed by atoms with Gasteiger partial charge in [0.2, 0.25) is 5.91 Å². The van der Waals surface area contributed by atoms with Crippen LogP contribution in [0.3, 0.4) is 0 Å². The molecule has 0 spiro atoms. The van der Waals surface area contributed by atoms with Crippen molar-refractivity contribution in [2.75, 3.05) is 11.9 Å². The van der Waals surface area contributed by atoms with Gasteiger partial charge in [-0.3, -0.25) is 9.59 Å². The average Bonchev–Trinajstić information content (AvgIpc) is 2.96. The first-order valence-electron chi connectivity index (χ1n) is 6.92. The lowest BCUT2D eigenvalue weighted by atomic mass is 10.2. The molecule has 9 heteroatoms. The lowest BCUT2D eigenvalue weighted by Crippen LogP contribution is -2.33. The number of hydrogen-bond donors (Lipinski definition) is 2. The molecular weight excluding hydrogens is 421 g/mol. The molecule has 2 aromatic rings. The van der Waals surface area contributed by atoms with Crippen LogP contribution < -0.4 is 10.6 Å². The van der Waals surface area contributed by atoms with Gasteiger partial charge >= 0.3 is 6.18 Å². The van der Waals surface area contributed by atoms with Crippen LogP contribution in [0.25, 0.3) is 6.08 Å². The third-order valence-corrected chi connectivity index (χ3v) is 4.42. The van der Waals surface area contributed by atoms with Gasteiger partial charge in [-0.05, 0) is 52.3 Å². The first-order chi connectivity index (χ1) is 11.7. The maximum absolute atomic E-state index is 12.1. The summed E-state index contributed by atoms with van der Waals surface area (Å²) in [5, 5.41) is 4.33. The summed E-state index contributed by atoms with van der Waals surface area (Å²) in [6.07, 6.45) is -1.53. The van der Waals surface area contributed by atoms with Gasteiger partial charge in [-0.1, -0.05) is 6.07 Å². The Kier molecular flexibility index (Phi) is 6.38. The van der Waals surface area contributed by atoms with Gasteiger partial charge in [0.15, 0.2) is 0 Å². The van der Waals surface area contributed by atoms with Gasteiger partial charge in [0.1, 0.15) is 6.54 Å². The molecule has 132 valence electrons. The smallest absolute Gasteiger partial charge is 0.343 e. The average molecular weight is 433 g/mol. The molecule has 1 heterocycles. The van der Waals surface area contributed by atoms with Crippen molar-refractivity contribution < 1.29 is 22.8 Å². The zero-order valence-corrected chi connectivity index (χ0v) is 15.0. The van der Waals surface area contributed by atoms with Gasteiger partial charge in [0, 0.05) is 22.2 Å². The van der Waals surface area contributed by atoms with E-state index in [2.05, 4.69) is 21.2 Å². The summed E-state index contributed by atoms with van der Waals surface area (Å²) in [7, 11) is 0. The molecule has 0 unspecified atom stereocenters. The van der Waals surface area contributed by atoms with Crippen LogP contribution in [0.15, 0.2) is 46.3 Å². The summed E-state index contributed by atoms with van der Waals surface area (Å²) >= 11 is 4.77. The Bertz CT molecular complexity index is 803. The largest absolute Gasteiger partial charge is 0.405 e. The minimum absolute atomic E-state index is 0.0215. The van der Waals surface area contributed by atoms with Crippen LogP contribution >= 0.6 is 27.3 Å². The van der Waals surface area contributed by atoms with Gasteiger partial charge < -0.3 is 10.6 Å². The van der Waals surface area contributed by atoms with Crippen molar-refractivity contribution in [3.63, 3.8) is 0 Å². The number of rotatable bonds is 5. The van der Waals surface area contributed by atoms with E-state index in [9.17, 15) is 22.8 Å². The number of benzene rings is 1. The predicted octanol–water partition coefficient (Wildman–Crippen LogP) is 4.45. The summed E-state index contributed by atoms with van der Waals surface area (Å²) < 4.78 is 37.3. The molecule has 0 fully saturated rings. The number of thiophene rings is 1. The third kappa shape index (κ3) is 6.71. The van der Waals surface area contributed by atoms with E-state index in [4.69, 9.17) is 0 Å². The fourth-order valence-electron chi connectivity index (χ4n) is 1.78. The number of carbonyl (C=O) groups is 2. The standard InChI is InChI=1S/C16H12BrF3N2O2S/c17-13-6-4-12(25-13)5-7-14(23)22-11-3-1-2-10(8-11)15(24)21-9-16(18,19)20/h1-8H,9H2,(H,21,24)(H,22,23). The zero-order chi connectivity index (χ0) is 18.4. The molecule has 2 amide bonds. The van der Waals surface area contributed by atoms with E-state index in [-0.39, 0.29) is 5.56 Å². The third-order valence-electron chi connectivity index (χ3n) is 2.83. The van der Waals surface area contributed by atoms with Crippen LogP contribution in [0, 0.1) is 0 Å². The van der Waals surface area contributed by atoms with Gasteiger partial charge in [0.25, 0.3) is 5.91 Å². The normalized spacial score (nSPS) is 11.5. The number of alkyl halides is 3. The van der Waals surface area contributed by atoms with E-state index in [1.54, 1.807) is 11.4 Å². The van der Waals surface area contributed by atoms with E-state index >= 15 is 0 Å². The van der Waals surface area contributed by atoms with Crippen molar-refractivity contribution in [3.8, 4) is 0 Å². The first kappa shape index (κ1) is 19.2. The monoisotopic (exact) mass is 432 g/mol. The topological polar surface area (TPSA) is 58.2 Å². The minimum Gasteiger partial charge on any atom is -0.343 e. The Balaban J connectivity index is 1.97. The SMILES string of the molecule is O=C(C=Cc1ccc(Br)s1)Nc1cccc(C(=O)NCC(F)(F)F)c1. The molecule has 0 aliphatic heterocycles. The Labute approximate surface area is 153 Å². The molecular formula is C16H12BrF3N2O2S. The Morgan fingerprint density at radius 1 is 1.20 bits per heavy atom. The lowest BCUT2D eigenvalue weighted by Gasteiger charge is -2.09. The fraction of sp³-hybridized carbons (Fsp3) is 0.125. The highest BCUT2D eigenvalue weighted by Gasteiger charge is 2.27. The minimum atomic E-state index is -4.48. The van der Waals surface area contributed by atoms with Crippen LogP contribution in [-0.2, 0) is 4.79 Å². The second-order valence-electron chi connectivity index (χ2n) is 4.84.